The Hall–Kier alpha value is -2.69. The molecular formula is C15H14F4N4O3. The third-order valence-corrected chi connectivity index (χ3v) is 4.17. The highest BCUT2D eigenvalue weighted by Crippen LogP contribution is 2.31. The van der Waals surface area contributed by atoms with Crippen LogP contribution in [0.5, 0.6) is 0 Å². The van der Waals surface area contributed by atoms with Gasteiger partial charge in [0.1, 0.15) is 0 Å². The number of carbonyl (C=O) groups is 1. The molecule has 0 amide bonds. The highest BCUT2D eigenvalue weighted by molar-refractivity contribution is 5.92. The van der Waals surface area contributed by atoms with Gasteiger partial charge in [-0.25, -0.2) is 4.39 Å². The maximum Gasteiger partial charge on any atom is 0.486 e. The van der Waals surface area contributed by atoms with Gasteiger partial charge in [0, 0.05) is 39.2 Å². The fraction of sp³-hybridized carbons (Fsp3) is 0.400. The molecule has 1 aromatic heterocycles. The van der Waals surface area contributed by atoms with E-state index in [1.165, 1.54) is 0 Å². The number of ketones is 1. The van der Waals surface area contributed by atoms with Gasteiger partial charge in [0.15, 0.2) is 5.82 Å². The summed E-state index contributed by atoms with van der Waals surface area (Å²) in [6, 6.07) is 1.59. The largest absolute Gasteiger partial charge is 0.618 e. The lowest BCUT2D eigenvalue weighted by Crippen LogP contribution is -2.50. The summed E-state index contributed by atoms with van der Waals surface area (Å²) in [5.41, 5.74) is -4.66. The summed E-state index contributed by atoms with van der Waals surface area (Å²) in [7, 11) is 0. The molecule has 7 nitrogen and oxygen atoms in total. The average molecular weight is 374 g/mol. The number of alkyl halides is 3. The lowest BCUT2D eigenvalue weighted by atomic mass is 10.1. The molecule has 0 saturated carbocycles. The van der Waals surface area contributed by atoms with E-state index in [-0.39, 0.29) is 10.4 Å². The number of carbonyl (C=O) groups excluding carboxylic acids is 1. The second-order valence-corrected chi connectivity index (χ2v) is 5.87. The maximum absolute atomic E-state index is 14.5. The Balaban J connectivity index is 2.34. The molecule has 11 heteroatoms. The molecule has 0 bridgehead atoms. The van der Waals surface area contributed by atoms with Gasteiger partial charge in [-0.3, -0.25) is 4.79 Å². The van der Waals surface area contributed by atoms with Gasteiger partial charge in [0.2, 0.25) is 5.78 Å². The van der Waals surface area contributed by atoms with Crippen LogP contribution in [0, 0.1) is 16.2 Å². The Bertz CT molecular complexity index is 895. The molecule has 2 heterocycles. The van der Waals surface area contributed by atoms with Crippen LogP contribution in [0.25, 0.3) is 11.0 Å². The molecular weight excluding hydrogens is 360 g/mol. The molecule has 140 valence electrons. The molecule has 0 aliphatic carbocycles. The molecule has 1 N–H and O–H groups in total. The van der Waals surface area contributed by atoms with Crippen molar-refractivity contribution in [2.75, 3.05) is 31.1 Å². The van der Waals surface area contributed by atoms with Crippen LogP contribution in [0.4, 0.5) is 23.2 Å². The van der Waals surface area contributed by atoms with Crippen LogP contribution in [0.15, 0.2) is 12.1 Å². The Morgan fingerprint density at radius 2 is 1.73 bits per heavy atom. The standard InChI is InChI=1S/C15H14F4N4O3/c1-8(24)13-14(15(17,18)19)23(26)12-7-10(21-4-2-20-3-5-21)9(16)6-11(12)22(13)25/h6-7,20H,2-5H2,1H3. The summed E-state index contributed by atoms with van der Waals surface area (Å²) in [4.78, 5) is 13.1. The zero-order valence-electron chi connectivity index (χ0n) is 13.6. The number of halogens is 4. The van der Waals surface area contributed by atoms with Gasteiger partial charge in [-0.05, 0) is 0 Å². The number of aromatic nitrogens is 2. The first-order valence-corrected chi connectivity index (χ1v) is 7.69. The molecule has 1 saturated heterocycles. The lowest BCUT2D eigenvalue weighted by molar-refractivity contribution is -0.647. The van der Waals surface area contributed by atoms with Crippen LogP contribution >= 0.6 is 0 Å². The van der Waals surface area contributed by atoms with Crippen LogP contribution in [0.3, 0.4) is 0 Å². The summed E-state index contributed by atoms with van der Waals surface area (Å²) < 4.78 is 53.5. The van der Waals surface area contributed by atoms with Crippen molar-refractivity contribution < 1.29 is 31.8 Å². The van der Waals surface area contributed by atoms with E-state index in [0.29, 0.717) is 32.2 Å². The summed E-state index contributed by atoms with van der Waals surface area (Å²) in [5, 5.41) is 27.7. The normalized spacial score (nSPS) is 15.5. The predicted octanol–water partition coefficient (Wildman–Crippen LogP) is 0.877. The summed E-state index contributed by atoms with van der Waals surface area (Å²) in [5.74, 6) is -2.11. The molecule has 1 aromatic carbocycles. The van der Waals surface area contributed by atoms with Crippen LogP contribution in [0.1, 0.15) is 23.1 Å². The Kier molecular flexibility index (Phi) is 4.34. The second kappa shape index (κ2) is 6.24. The molecule has 2 aromatic rings. The third kappa shape index (κ3) is 2.87. The second-order valence-electron chi connectivity index (χ2n) is 5.87. The minimum Gasteiger partial charge on any atom is -0.618 e. The number of rotatable bonds is 2. The number of Topliss-reactive ketones (excluding diaryl/α,β-unsaturated/α-hetero) is 1. The van der Waals surface area contributed by atoms with E-state index < -0.39 is 44.9 Å². The Morgan fingerprint density at radius 3 is 2.27 bits per heavy atom. The van der Waals surface area contributed by atoms with E-state index in [1.54, 1.807) is 4.90 Å². The van der Waals surface area contributed by atoms with Crippen molar-refractivity contribution in [2.45, 2.75) is 13.1 Å². The Morgan fingerprint density at radius 1 is 1.15 bits per heavy atom. The van der Waals surface area contributed by atoms with Crippen LogP contribution in [-0.2, 0) is 6.18 Å². The first-order chi connectivity index (χ1) is 12.1. The number of benzene rings is 1. The van der Waals surface area contributed by atoms with E-state index >= 15 is 0 Å². The SMILES string of the molecule is CC(=O)c1c(C(F)(F)F)[n+]([O-])c2cc(N3CCNCC3)c(F)cc2[n+]1[O-]. The van der Waals surface area contributed by atoms with Crippen molar-refractivity contribution >= 4 is 22.5 Å². The van der Waals surface area contributed by atoms with Crippen molar-refractivity contribution in [1.82, 2.24) is 5.32 Å². The zero-order valence-corrected chi connectivity index (χ0v) is 13.6. The fourth-order valence-corrected chi connectivity index (χ4v) is 3.01. The van der Waals surface area contributed by atoms with Crippen molar-refractivity contribution in [3.63, 3.8) is 0 Å². The fourth-order valence-electron chi connectivity index (χ4n) is 3.01. The molecule has 26 heavy (non-hydrogen) atoms. The molecule has 3 rings (SSSR count). The first-order valence-electron chi connectivity index (χ1n) is 7.69. The van der Waals surface area contributed by atoms with Gasteiger partial charge >= 0.3 is 17.6 Å². The third-order valence-electron chi connectivity index (χ3n) is 4.17. The number of fused-ring (bicyclic) bond motifs is 1. The average Bonchev–Trinajstić information content (AvgIpc) is 2.56. The number of nitrogens with one attached hydrogen (secondary N) is 1. The van der Waals surface area contributed by atoms with E-state index in [0.717, 1.165) is 13.0 Å². The first kappa shape index (κ1) is 18.1. The van der Waals surface area contributed by atoms with Crippen LogP contribution in [0.2, 0.25) is 0 Å². The molecule has 1 aliphatic heterocycles. The van der Waals surface area contributed by atoms with Crippen LogP contribution in [-0.4, -0.2) is 32.0 Å². The van der Waals surface area contributed by atoms with Gasteiger partial charge in [0.25, 0.3) is 11.0 Å². The lowest BCUT2D eigenvalue weighted by Gasteiger charge is -2.29. The highest BCUT2D eigenvalue weighted by Gasteiger charge is 2.50. The molecule has 0 unspecified atom stereocenters. The van der Waals surface area contributed by atoms with E-state index in [4.69, 9.17) is 0 Å². The summed E-state index contributed by atoms with van der Waals surface area (Å²) >= 11 is 0. The molecule has 1 fully saturated rings. The number of anilines is 1. The predicted molar refractivity (Wildman–Crippen MR) is 81.9 cm³/mol. The maximum atomic E-state index is 14.5. The van der Waals surface area contributed by atoms with E-state index in [9.17, 15) is 32.8 Å². The van der Waals surface area contributed by atoms with E-state index in [1.807, 2.05) is 0 Å². The summed E-state index contributed by atoms with van der Waals surface area (Å²) in [6.07, 6.45) is -5.23. The number of hydrogen-bond acceptors (Lipinski definition) is 5. The van der Waals surface area contributed by atoms with Crippen molar-refractivity contribution in [3.05, 3.63) is 39.8 Å². The van der Waals surface area contributed by atoms with E-state index in [2.05, 4.69) is 5.32 Å². The van der Waals surface area contributed by atoms with Crippen molar-refractivity contribution in [2.24, 2.45) is 0 Å². The van der Waals surface area contributed by atoms with Gasteiger partial charge < -0.3 is 20.6 Å². The van der Waals surface area contributed by atoms with Gasteiger partial charge in [-0.15, -0.1) is 4.73 Å². The summed E-state index contributed by atoms with van der Waals surface area (Å²) in [6.45, 7) is 2.57. The minimum absolute atomic E-state index is 0.0766. The van der Waals surface area contributed by atoms with Crippen molar-refractivity contribution in [1.29, 1.82) is 0 Å². The minimum atomic E-state index is -5.23. The molecule has 0 radical (unpaired) electrons. The number of piperazine rings is 1. The molecule has 1 aliphatic rings. The smallest absolute Gasteiger partial charge is 0.486 e. The highest BCUT2D eigenvalue weighted by atomic mass is 19.4. The quantitative estimate of drug-likeness (QED) is 0.365. The monoisotopic (exact) mass is 374 g/mol. The van der Waals surface area contributed by atoms with Crippen LogP contribution < -0.4 is 19.7 Å². The molecule has 0 spiro atoms. The van der Waals surface area contributed by atoms with Gasteiger partial charge in [0.05, 0.1) is 11.8 Å². The molecule has 0 atom stereocenters. The zero-order chi connectivity index (χ0) is 19.2. The number of hydrogen-bond donors (Lipinski definition) is 1. The van der Waals surface area contributed by atoms with Crippen molar-refractivity contribution in [3.8, 4) is 0 Å². The van der Waals surface area contributed by atoms with Gasteiger partial charge in [-0.2, -0.15) is 17.9 Å². The Labute approximate surface area is 144 Å². The number of nitrogens with zero attached hydrogens (tertiary/aromatic N) is 3. The van der Waals surface area contributed by atoms with Gasteiger partial charge in [-0.1, -0.05) is 0 Å². The topological polar surface area (TPSA) is 86.2 Å².